The van der Waals surface area contributed by atoms with Gasteiger partial charge in [-0.15, -0.1) is 11.3 Å². The maximum Gasteiger partial charge on any atom is 0.178 e. The Morgan fingerprint density at radius 2 is 1.89 bits per heavy atom. The van der Waals surface area contributed by atoms with Crippen LogP contribution in [0.15, 0.2) is 0 Å². The Balaban J connectivity index is 1.66. The largest absolute Gasteiger partial charge is 0.397 e. The van der Waals surface area contributed by atoms with Crippen molar-refractivity contribution in [2.75, 3.05) is 11.1 Å². The average molecular weight is 276 g/mol. The summed E-state index contributed by atoms with van der Waals surface area (Å²) in [6, 6.07) is 0.611. The lowest BCUT2D eigenvalue weighted by atomic mass is 9.93. The minimum absolute atomic E-state index is 0.268. The molecule has 0 aliphatic heterocycles. The Morgan fingerprint density at radius 3 is 2.42 bits per heavy atom. The summed E-state index contributed by atoms with van der Waals surface area (Å²) in [5.74, 6) is 1.18. The number of nitrogen functional groups attached to an aromatic ring is 1. The quantitative estimate of drug-likeness (QED) is 0.805. The molecule has 3 fully saturated rings. The lowest BCUT2D eigenvalue weighted by Gasteiger charge is -2.27. The van der Waals surface area contributed by atoms with Crippen LogP contribution in [0.5, 0.6) is 0 Å². The van der Waals surface area contributed by atoms with Crippen LogP contribution in [0.2, 0.25) is 0 Å². The highest BCUT2D eigenvalue weighted by Crippen LogP contribution is 2.52. The zero-order chi connectivity index (χ0) is 13.0. The van der Waals surface area contributed by atoms with Gasteiger partial charge >= 0.3 is 0 Å². The molecule has 3 aliphatic rings. The predicted octanol–water partition coefficient (Wildman–Crippen LogP) is 3.76. The van der Waals surface area contributed by atoms with Gasteiger partial charge in [0.05, 0.1) is 15.6 Å². The summed E-state index contributed by atoms with van der Waals surface area (Å²) >= 11 is 1.62. The Bertz CT molecular complexity index is 524. The molecule has 3 aliphatic carbocycles. The van der Waals surface area contributed by atoms with E-state index in [-0.39, 0.29) is 5.92 Å². The standard InChI is InChI=1S/C15H20N2OS/c16-12-11(8-4-5-8)15(17-10-2-1-3-10)19-14(12)13(18)9-6-7-9/h8-10,17H,1-7,16H2. The molecule has 3 nitrogen and oxygen atoms in total. The topological polar surface area (TPSA) is 55.1 Å². The first-order valence-corrected chi connectivity index (χ1v) is 8.28. The zero-order valence-electron chi connectivity index (χ0n) is 11.1. The number of thiophene rings is 1. The van der Waals surface area contributed by atoms with Crippen molar-refractivity contribution in [3.05, 3.63) is 10.4 Å². The smallest absolute Gasteiger partial charge is 0.178 e. The van der Waals surface area contributed by atoms with E-state index in [0.717, 1.165) is 23.4 Å². The summed E-state index contributed by atoms with van der Waals surface area (Å²) in [7, 11) is 0. The number of nitrogens with one attached hydrogen (secondary N) is 1. The molecule has 0 unspecified atom stereocenters. The lowest BCUT2D eigenvalue weighted by molar-refractivity contribution is 0.0972. The highest BCUT2D eigenvalue weighted by molar-refractivity contribution is 7.19. The fraction of sp³-hybridized carbons (Fsp3) is 0.667. The summed E-state index contributed by atoms with van der Waals surface area (Å²) in [4.78, 5) is 13.1. The van der Waals surface area contributed by atoms with E-state index in [9.17, 15) is 4.79 Å². The van der Waals surface area contributed by atoms with Gasteiger partial charge in [0.15, 0.2) is 5.78 Å². The Hall–Kier alpha value is -1.03. The second-order valence-electron chi connectivity index (χ2n) is 6.27. The molecular weight excluding hydrogens is 256 g/mol. The molecule has 0 spiro atoms. The minimum atomic E-state index is 0.268. The number of hydrogen-bond acceptors (Lipinski definition) is 4. The highest BCUT2D eigenvalue weighted by atomic mass is 32.1. The van der Waals surface area contributed by atoms with E-state index < -0.39 is 0 Å². The first-order valence-electron chi connectivity index (χ1n) is 7.47. The Morgan fingerprint density at radius 1 is 1.16 bits per heavy atom. The maximum atomic E-state index is 12.3. The minimum Gasteiger partial charge on any atom is -0.397 e. The third kappa shape index (κ3) is 2.06. The van der Waals surface area contributed by atoms with Crippen LogP contribution < -0.4 is 11.1 Å². The molecule has 1 heterocycles. The van der Waals surface area contributed by atoms with Gasteiger partial charge in [-0.3, -0.25) is 4.79 Å². The van der Waals surface area contributed by atoms with Gasteiger partial charge in [0, 0.05) is 17.5 Å². The molecule has 0 bridgehead atoms. The van der Waals surface area contributed by atoms with Crippen molar-refractivity contribution >= 4 is 27.8 Å². The molecule has 3 N–H and O–H groups in total. The molecule has 19 heavy (non-hydrogen) atoms. The first kappa shape index (κ1) is 11.8. The van der Waals surface area contributed by atoms with E-state index in [2.05, 4.69) is 5.32 Å². The van der Waals surface area contributed by atoms with Crippen LogP contribution in [0.25, 0.3) is 0 Å². The number of carbonyl (C=O) groups is 1. The van der Waals surface area contributed by atoms with Crippen LogP contribution in [0.4, 0.5) is 10.7 Å². The third-order valence-corrected chi connectivity index (χ3v) is 5.75. The number of Topliss-reactive ketones (excluding diaryl/α,β-unsaturated/α-hetero) is 1. The summed E-state index contributed by atoms with van der Waals surface area (Å²) in [5.41, 5.74) is 8.36. The van der Waals surface area contributed by atoms with E-state index in [4.69, 9.17) is 5.73 Å². The number of hydrogen-bond donors (Lipinski definition) is 2. The van der Waals surface area contributed by atoms with Crippen LogP contribution in [0.3, 0.4) is 0 Å². The van der Waals surface area contributed by atoms with Crippen molar-refractivity contribution in [2.45, 2.75) is 56.9 Å². The van der Waals surface area contributed by atoms with E-state index in [1.54, 1.807) is 11.3 Å². The van der Waals surface area contributed by atoms with Gasteiger partial charge in [-0.2, -0.15) is 0 Å². The second kappa shape index (κ2) is 4.23. The predicted molar refractivity (Wildman–Crippen MR) is 79.0 cm³/mol. The van der Waals surface area contributed by atoms with Gasteiger partial charge in [0.1, 0.15) is 0 Å². The number of ketones is 1. The number of anilines is 2. The Kier molecular flexibility index (Phi) is 2.62. The highest BCUT2D eigenvalue weighted by Gasteiger charge is 2.37. The molecule has 102 valence electrons. The molecule has 4 heteroatoms. The molecule has 0 atom stereocenters. The van der Waals surface area contributed by atoms with Crippen LogP contribution in [-0.4, -0.2) is 11.8 Å². The Labute approximate surface area is 117 Å². The maximum absolute atomic E-state index is 12.3. The molecule has 0 aromatic carbocycles. The first-order chi connectivity index (χ1) is 9.24. The molecule has 3 saturated carbocycles. The van der Waals surface area contributed by atoms with E-state index >= 15 is 0 Å². The third-order valence-electron chi connectivity index (χ3n) is 4.58. The van der Waals surface area contributed by atoms with E-state index in [1.165, 1.54) is 42.7 Å². The van der Waals surface area contributed by atoms with Gasteiger partial charge < -0.3 is 11.1 Å². The number of rotatable bonds is 5. The molecule has 4 rings (SSSR count). The monoisotopic (exact) mass is 276 g/mol. The van der Waals surface area contributed by atoms with Gasteiger partial charge in [0.25, 0.3) is 0 Å². The molecule has 1 aromatic rings. The molecule has 0 saturated heterocycles. The van der Waals surface area contributed by atoms with E-state index in [1.807, 2.05) is 0 Å². The number of nitrogens with two attached hydrogens (primary N) is 1. The van der Waals surface area contributed by atoms with Gasteiger partial charge in [-0.25, -0.2) is 0 Å². The molecular formula is C15H20N2OS. The van der Waals surface area contributed by atoms with Crippen LogP contribution in [0.1, 0.15) is 66.1 Å². The summed E-state index contributed by atoms with van der Waals surface area (Å²) in [6.45, 7) is 0. The van der Waals surface area contributed by atoms with Gasteiger partial charge in [-0.1, -0.05) is 0 Å². The van der Waals surface area contributed by atoms with Crippen molar-refractivity contribution in [3.63, 3.8) is 0 Å². The van der Waals surface area contributed by atoms with Crippen molar-refractivity contribution in [2.24, 2.45) is 5.92 Å². The summed E-state index contributed by atoms with van der Waals surface area (Å²) in [5, 5.41) is 4.83. The average Bonchev–Trinajstić information content (AvgIpc) is 3.21. The fourth-order valence-electron chi connectivity index (χ4n) is 2.79. The molecule has 0 amide bonds. The zero-order valence-corrected chi connectivity index (χ0v) is 11.9. The second-order valence-corrected chi connectivity index (χ2v) is 7.29. The van der Waals surface area contributed by atoms with E-state index in [0.29, 0.717) is 17.7 Å². The van der Waals surface area contributed by atoms with Crippen molar-refractivity contribution in [3.8, 4) is 0 Å². The van der Waals surface area contributed by atoms with Crippen LogP contribution >= 0.6 is 11.3 Å². The van der Waals surface area contributed by atoms with Gasteiger partial charge in [-0.05, 0) is 50.9 Å². The molecule has 0 radical (unpaired) electrons. The van der Waals surface area contributed by atoms with Crippen molar-refractivity contribution in [1.82, 2.24) is 0 Å². The number of carbonyl (C=O) groups excluding carboxylic acids is 1. The van der Waals surface area contributed by atoms with Crippen LogP contribution in [0, 0.1) is 5.92 Å². The SMILES string of the molecule is Nc1c(C(=O)C2CC2)sc(NC2CCC2)c1C1CC1. The van der Waals surface area contributed by atoms with Gasteiger partial charge in [0.2, 0.25) is 0 Å². The van der Waals surface area contributed by atoms with Crippen molar-refractivity contribution < 1.29 is 4.79 Å². The van der Waals surface area contributed by atoms with Crippen LogP contribution in [-0.2, 0) is 0 Å². The van der Waals surface area contributed by atoms with Crippen molar-refractivity contribution in [1.29, 1.82) is 0 Å². The normalized spacial score (nSPS) is 23.2. The summed E-state index contributed by atoms with van der Waals surface area (Å²) in [6.07, 6.45) is 8.42. The fourth-order valence-corrected chi connectivity index (χ4v) is 4.10. The molecule has 1 aromatic heterocycles. The summed E-state index contributed by atoms with van der Waals surface area (Å²) < 4.78 is 0. The lowest BCUT2D eigenvalue weighted by Crippen LogP contribution is -2.26.